The molecule has 0 fully saturated rings. The predicted octanol–water partition coefficient (Wildman–Crippen LogP) is 4.45. The lowest BCUT2D eigenvalue weighted by atomic mass is 10.0. The van der Waals surface area contributed by atoms with Gasteiger partial charge in [0.25, 0.3) is 0 Å². The van der Waals surface area contributed by atoms with E-state index in [0.29, 0.717) is 10.7 Å². The molecular weight excluding hydrogens is 332 g/mol. The Morgan fingerprint density at radius 3 is 2.44 bits per heavy atom. The van der Waals surface area contributed by atoms with Crippen LogP contribution < -0.4 is 10.6 Å². The summed E-state index contributed by atoms with van der Waals surface area (Å²) in [5.41, 5.74) is 5.92. The number of hydrogen-bond acceptors (Lipinski definition) is 3. The average molecular weight is 356 g/mol. The van der Waals surface area contributed by atoms with Crippen LogP contribution in [0.1, 0.15) is 45.6 Å². The van der Waals surface area contributed by atoms with Gasteiger partial charge < -0.3 is 15.4 Å². The van der Waals surface area contributed by atoms with Crippen molar-refractivity contribution >= 4 is 29.0 Å². The summed E-state index contributed by atoms with van der Waals surface area (Å²) < 4.78 is 4.77. The summed E-state index contributed by atoms with van der Waals surface area (Å²) in [7, 11) is 1.37. The van der Waals surface area contributed by atoms with E-state index in [1.54, 1.807) is 12.1 Å². The van der Waals surface area contributed by atoms with Crippen molar-refractivity contribution in [1.29, 1.82) is 0 Å². The lowest BCUT2D eigenvalue weighted by Gasteiger charge is -2.20. The van der Waals surface area contributed by atoms with Gasteiger partial charge in [-0.3, -0.25) is 0 Å². The molecule has 0 saturated carbocycles. The Morgan fingerprint density at radius 2 is 1.76 bits per heavy atom. The zero-order chi connectivity index (χ0) is 18.6. The van der Waals surface area contributed by atoms with Crippen molar-refractivity contribution in [2.75, 3.05) is 12.4 Å². The Balaban J connectivity index is 2.12. The summed E-state index contributed by atoms with van der Waals surface area (Å²) in [6, 6.07) is 11.8. The van der Waals surface area contributed by atoms with E-state index in [1.807, 2.05) is 13.0 Å². The van der Waals surface area contributed by atoms with Crippen LogP contribution in [0.5, 0.6) is 0 Å². The number of carbonyl (C=O) groups excluding carboxylic acids is 1. The minimum Gasteiger partial charge on any atom is -0.465 e. The number of esters is 1. The fraction of sp³-hybridized carbons (Fsp3) is 0.300. The highest BCUT2D eigenvalue weighted by molar-refractivity contribution is 7.80. The van der Waals surface area contributed by atoms with Crippen LogP contribution in [0.25, 0.3) is 0 Å². The largest absolute Gasteiger partial charge is 0.465 e. The molecule has 5 heteroatoms. The van der Waals surface area contributed by atoms with Gasteiger partial charge >= 0.3 is 5.97 Å². The number of aryl methyl sites for hydroxylation is 3. The normalized spacial score (nSPS) is 11.6. The summed E-state index contributed by atoms with van der Waals surface area (Å²) in [5, 5.41) is 7.00. The number of thiocarbonyl (C=S) groups is 1. The molecule has 132 valence electrons. The Hall–Kier alpha value is -2.40. The molecule has 0 aliphatic rings. The fourth-order valence-electron chi connectivity index (χ4n) is 2.66. The van der Waals surface area contributed by atoms with Crippen molar-refractivity contribution in [2.24, 2.45) is 0 Å². The molecule has 0 heterocycles. The molecule has 2 aromatic carbocycles. The topological polar surface area (TPSA) is 50.4 Å². The first kappa shape index (κ1) is 18.9. The molecule has 0 saturated heterocycles. The van der Waals surface area contributed by atoms with Gasteiger partial charge in [0.15, 0.2) is 5.11 Å². The maximum absolute atomic E-state index is 11.7. The Bertz CT molecular complexity index is 802. The monoisotopic (exact) mass is 356 g/mol. The number of ether oxygens (including phenoxy) is 1. The average Bonchev–Trinajstić information content (AvgIpc) is 2.58. The smallest absolute Gasteiger partial charge is 0.337 e. The maximum atomic E-state index is 11.7. The first-order valence-electron chi connectivity index (χ1n) is 8.15. The molecule has 2 N–H and O–H groups in total. The number of methoxy groups -OCH3 is 1. The molecule has 0 bridgehead atoms. The van der Waals surface area contributed by atoms with Crippen LogP contribution >= 0.6 is 12.2 Å². The van der Waals surface area contributed by atoms with Crippen molar-refractivity contribution in [2.45, 2.75) is 33.7 Å². The van der Waals surface area contributed by atoms with Gasteiger partial charge in [-0.2, -0.15) is 0 Å². The highest BCUT2D eigenvalue weighted by Crippen LogP contribution is 2.20. The van der Waals surface area contributed by atoms with Crippen molar-refractivity contribution in [1.82, 2.24) is 5.32 Å². The van der Waals surface area contributed by atoms with Crippen LogP contribution in [0.15, 0.2) is 36.4 Å². The van der Waals surface area contributed by atoms with E-state index in [2.05, 4.69) is 49.6 Å². The molecular formula is C20H24N2O2S. The van der Waals surface area contributed by atoms with Gasteiger partial charge in [0.2, 0.25) is 0 Å². The summed E-state index contributed by atoms with van der Waals surface area (Å²) in [5.74, 6) is -0.370. The van der Waals surface area contributed by atoms with Crippen LogP contribution in [0, 0.1) is 20.8 Å². The minimum absolute atomic E-state index is 0.0731. The van der Waals surface area contributed by atoms with E-state index in [0.717, 1.165) is 11.3 Å². The highest BCUT2D eigenvalue weighted by Gasteiger charge is 2.12. The van der Waals surface area contributed by atoms with Crippen molar-refractivity contribution < 1.29 is 9.53 Å². The predicted molar refractivity (Wildman–Crippen MR) is 106 cm³/mol. The van der Waals surface area contributed by atoms with E-state index in [9.17, 15) is 4.79 Å². The fourth-order valence-corrected chi connectivity index (χ4v) is 2.95. The quantitative estimate of drug-likeness (QED) is 0.626. The summed E-state index contributed by atoms with van der Waals surface area (Å²) >= 11 is 5.45. The number of benzene rings is 2. The van der Waals surface area contributed by atoms with Crippen molar-refractivity contribution in [3.63, 3.8) is 0 Å². The third kappa shape index (κ3) is 4.79. The van der Waals surface area contributed by atoms with Crippen LogP contribution in [0.3, 0.4) is 0 Å². The van der Waals surface area contributed by atoms with Gasteiger partial charge in [-0.1, -0.05) is 29.8 Å². The molecule has 0 amide bonds. The SMILES string of the molecule is COC(=O)c1ccc(C)c(NC(=S)N[C@@H](C)c2cc(C)ccc2C)c1. The van der Waals surface area contributed by atoms with Gasteiger partial charge in [0.1, 0.15) is 0 Å². The second-order valence-electron chi connectivity index (χ2n) is 6.20. The van der Waals surface area contributed by atoms with Gasteiger partial charge in [-0.15, -0.1) is 0 Å². The first-order chi connectivity index (χ1) is 11.8. The third-order valence-corrected chi connectivity index (χ3v) is 4.38. The van der Waals surface area contributed by atoms with Gasteiger partial charge in [0, 0.05) is 5.69 Å². The van der Waals surface area contributed by atoms with E-state index >= 15 is 0 Å². The Labute approximate surface area is 154 Å². The zero-order valence-corrected chi connectivity index (χ0v) is 16.1. The van der Waals surface area contributed by atoms with E-state index < -0.39 is 0 Å². The van der Waals surface area contributed by atoms with Crippen LogP contribution in [0.2, 0.25) is 0 Å². The van der Waals surface area contributed by atoms with Crippen molar-refractivity contribution in [3.8, 4) is 0 Å². The van der Waals surface area contributed by atoms with E-state index in [-0.39, 0.29) is 12.0 Å². The molecule has 0 spiro atoms. The minimum atomic E-state index is -0.370. The molecule has 0 aliphatic carbocycles. The van der Waals surface area contributed by atoms with Gasteiger partial charge in [-0.25, -0.2) is 4.79 Å². The lowest BCUT2D eigenvalue weighted by molar-refractivity contribution is 0.0601. The molecule has 0 aromatic heterocycles. The van der Waals surface area contributed by atoms with E-state index in [4.69, 9.17) is 17.0 Å². The first-order valence-corrected chi connectivity index (χ1v) is 8.56. The van der Waals surface area contributed by atoms with Crippen LogP contribution in [0.4, 0.5) is 5.69 Å². The Kier molecular flexibility index (Phi) is 6.15. The second-order valence-corrected chi connectivity index (χ2v) is 6.61. The lowest BCUT2D eigenvalue weighted by Crippen LogP contribution is -2.31. The van der Waals surface area contributed by atoms with E-state index in [1.165, 1.54) is 23.8 Å². The van der Waals surface area contributed by atoms with Gasteiger partial charge in [-0.05, 0) is 68.7 Å². The number of carbonyl (C=O) groups is 1. The Morgan fingerprint density at radius 1 is 1.08 bits per heavy atom. The number of anilines is 1. The van der Waals surface area contributed by atoms with Crippen LogP contribution in [-0.2, 0) is 4.74 Å². The maximum Gasteiger partial charge on any atom is 0.337 e. The highest BCUT2D eigenvalue weighted by atomic mass is 32.1. The van der Waals surface area contributed by atoms with Gasteiger partial charge in [0.05, 0.1) is 18.7 Å². The summed E-state index contributed by atoms with van der Waals surface area (Å²) in [6.07, 6.45) is 0. The molecule has 4 nitrogen and oxygen atoms in total. The third-order valence-electron chi connectivity index (χ3n) is 4.16. The number of hydrogen-bond donors (Lipinski definition) is 2. The zero-order valence-electron chi connectivity index (χ0n) is 15.3. The summed E-state index contributed by atoms with van der Waals surface area (Å²) in [6.45, 7) is 8.20. The molecule has 25 heavy (non-hydrogen) atoms. The van der Waals surface area contributed by atoms with Crippen molar-refractivity contribution in [3.05, 3.63) is 64.2 Å². The molecule has 0 unspecified atom stereocenters. The summed E-state index contributed by atoms with van der Waals surface area (Å²) in [4.78, 5) is 11.7. The molecule has 1 atom stereocenters. The van der Waals surface area contributed by atoms with Crippen LogP contribution in [-0.4, -0.2) is 18.2 Å². The molecule has 0 radical (unpaired) electrons. The number of rotatable bonds is 4. The number of nitrogens with one attached hydrogen (secondary N) is 2. The standard InChI is InChI=1S/C20H24N2O2S/c1-12-6-7-13(2)17(10-12)15(4)21-20(25)22-18-11-16(19(23)24-5)9-8-14(18)3/h6-11,15H,1-5H3,(H2,21,22,25)/t15-/m0/s1. The second kappa shape index (κ2) is 8.12. The molecule has 2 rings (SSSR count). The molecule has 0 aliphatic heterocycles. The molecule has 2 aromatic rings.